The highest BCUT2D eigenvalue weighted by atomic mass is 35.5. The van der Waals surface area contributed by atoms with Gasteiger partial charge in [-0.3, -0.25) is 0 Å². The first-order valence-electron chi connectivity index (χ1n) is 3.61. The normalized spacial score (nSPS) is 23.0. The van der Waals surface area contributed by atoms with Crippen molar-refractivity contribution in [3.05, 3.63) is 0 Å². The summed E-state index contributed by atoms with van der Waals surface area (Å²) in [6, 6.07) is 0. The molecule has 0 aromatic carbocycles. The topological polar surface area (TPSA) is 0 Å². The second kappa shape index (κ2) is 4.51. The molecule has 0 saturated carbocycles. The minimum Gasteiger partial charge on any atom is -0.196 e. The standard InChI is InChI=1S/C6H12BClS/c8-7-3-1-5-9-6-2-4-7/h1-6H2. The molecular weight excluding hydrogens is 150 g/mol. The second-order valence-electron chi connectivity index (χ2n) is 2.49. The molecule has 0 bridgehead atoms. The van der Waals surface area contributed by atoms with Crippen molar-refractivity contribution in [3.8, 4) is 0 Å². The molecule has 1 saturated heterocycles. The third-order valence-corrected chi connectivity index (χ3v) is 3.20. The lowest BCUT2D eigenvalue weighted by molar-refractivity contribution is 1.01. The van der Waals surface area contributed by atoms with E-state index in [-0.39, 0.29) is 0 Å². The molecule has 0 aromatic rings. The predicted molar refractivity (Wildman–Crippen MR) is 47.8 cm³/mol. The zero-order valence-corrected chi connectivity index (χ0v) is 7.18. The maximum Gasteiger partial charge on any atom is 0.250 e. The van der Waals surface area contributed by atoms with Crippen molar-refractivity contribution in [2.75, 3.05) is 11.5 Å². The summed E-state index contributed by atoms with van der Waals surface area (Å²) in [5.41, 5.74) is 0. The lowest BCUT2D eigenvalue weighted by Gasteiger charge is -2.09. The SMILES string of the molecule is ClB1CCCSCCC1. The molecule has 1 rings (SSSR count). The molecule has 0 radical (unpaired) electrons. The highest BCUT2D eigenvalue weighted by molar-refractivity contribution is 7.99. The van der Waals surface area contributed by atoms with Crippen molar-refractivity contribution in [3.63, 3.8) is 0 Å². The van der Waals surface area contributed by atoms with E-state index in [2.05, 4.69) is 11.8 Å². The van der Waals surface area contributed by atoms with Gasteiger partial charge in [-0.2, -0.15) is 23.2 Å². The molecule has 3 heteroatoms. The summed E-state index contributed by atoms with van der Waals surface area (Å²) in [6.07, 6.45) is 5.58. The zero-order valence-electron chi connectivity index (χ0n) is 5.61. The fourth-order valence-corrected chi connectivity index (χ4v) is 2.31. The Kier molecular flexibility index (Phi) is 3.91. The molecule has 0 atom stereocenters. The van der Waals surface area contributed by atoms with E-state index in [1.807, 2.05) is 0 Å². The number of halogens is 1. The van der Waals surface area contributed by atoms with Crippen LogP contribution in [0.1, 0.15) is 12.8 Å². The summed E-state index contributed by atoms with van der Waals surface area (Å²) in [5, 5.41) is 0. The molecule has 52 valence electrons. The van der Waals surface area contributed by atoms with Gasteiger partial charge in [0.25, 0.3) is 6.13 Å². The van der Waals surface area contributed by atoms with Gasteiger partial charge in [-0.15, -0.1) is 0 Å². The van der Waals surface area contributed by atoms with Crippen LogP contribution in [0.3, 0.4) is 0 Å². The number of thioether (sulfide) groups is 1. The van der Waals surface area contributed by atoms with E-state index in [1.54, 1.807) is 0 Å². The van der Waals surface area contributed by atoms with E-state index in [0.717, 1.165) is 0 Å². The maximum atomic E-state index is 5.98. The molecule has 9 heavy (non-hydrogen) atoms. The van der Waals surface area contributed by atoms with Gasteiger partial charge in [-0.1, -0.05) is 12.6 Å². The van der Waals surface area contributed by atoms with E-state index in [0.29, 0.717) is 6.13 Å². The summed E-state index contributed by atoms with van der Waals surface area (Å²) in [6.45, 7) is 0. The monoisotopic (exact) mass is 162 g/mol. The van der Waals surface area contributed by atoms with Crippen molar-refractivity contribution in [2.45, 2.75) is 25.5 Å². The van der Waals surface area contributed by atoms with Gasteiger partial charge in [-0.05, 0) is 24.3 Å². The Labute approximate surface area is 66.7 Å². The van der Waals surface area contributed by atoms with E-state index in [4.69, 9.17) is 11.5 Å². The molecule has 1 fully saturated rings. The van der Waals surface area contributed by atoms with Gasteiger partial charge in [0.15, 0.2) is 0 Å². The van der Waals surface area contributed by atoms with Crippen molar-refractivity contribution in [1.82, 2.24) is 0 Å². The quantitative estimate of drug-likeness (QED) is 0.494. The molecule has 1 heterocycles. The first-order valence-corrected chi connectivity index (χ1v) is 5.20. The third-order valence-electron chi connectivity index (χ3n) is 1.61. The lowest BCUT2D eigenvalue weighted by Crippen LogP contribution is -2.06. The summed E-state index contributed by atoms with van der Waals surface area (Å²) >= 11 is 8.06. The smallest absolute Gasteiger partial charge is 0.196 e. The summed E-state index contributed by atoms with van der Waals surface area (Å²) in [5.74, 6) is 2.65. The molecule has 0 amide bonds. The van der Waals surface area contributed by atoms with Crippen LogP contribution in [0.15, 0.2) is 0 Å². The van der Waals surface area contributed by atoms with Crippen LogP contribution in [0.25, 0.3) is 0 Å². The molecule has 0 nitrogen and oxygen atoms in total. The Morgan fingerprint density at radius 3 is 2.22 bits per heavy atom. The Balaban J connectivity index is 2.12. The van der Waals surface area contributed by atoms with Gasteiger partial charge in [0, 0.05) is 0 Å². The Bertz CT molecular complexity index is 71.5. The Hall–Kier alpha value is 0.705. The van der Waals surface area contributed by atoms with Crippen molar-refractivity contribution >= 4 is 29.4 Å². The highest BCUT2D eigenvalue weighted by Crippen LogP contribution is 2.18. The van der Waals surface area contributed by atoms with Crippen LogP contribution < -0.4 is 0 Å². The third kappa shape index (κ3) is 3.41. The molecule has 0 spiro atoms. The molecule has 1 aliphatic rings. The van der Waals surface area contributed by atoms with Gasteiger partial charge in [0.05, 0.1) is 0 Å². The summed E-state index contributed by atoms with van der Waals surface area (Å²) in [4.78, 5) is 0. The van der Waals surface area contributed by atoms with Crippen LogP contribution >= 0.6 is 23.2 Å². The fraction of sp³-hybridized carbons (Fsp3) is 1.00. The average molecular weight is 162 g/mol. The van der Waals surface area contributed by atoms with Gasteiger partial charge >= 0.3 is 0 Å². The predicted octanol–water partition coefficient (Wildman–Crippen LogP) is 2.74. The summed E-state index contributed by atoms with van der Waals surface area (Å²) in [7, 11) is 0. The molecular formula is C6H12BClS. The van der Waals surface area contributed by atoms with Crippen LogP contribution in [0.2, 0.25) is 12.6 Å². The van der Waals surface area contributed by atoms with Crippen molar-refractivity contribution in [1.29, 1.82) is 0 Å². The first kappa shape index (κ1) is 7.81. The second-order valence-corrected chi connectivity index (χ2v) is 4.34. The zero-order chi connectivity index (χ0) is 6.53. The van der Waals surface area contributed by atoms with Gasteiger partial charge in [0.1, 0.15) is 0 Å². The van der Waals surface area contributed by atoms with Gasteiger partial charge < -0.3 is 0 Å². The van der Waals surface area contributed by atoms with Crippen molar-refractivity contribution < 1.29 is 0 Å². The molecule has 1 aliphatic heterocycles. The fourth-order valence-electron chi connectivity index (χ4n) is 1.06. The minimum absolute atomic E-state index is 0.478. The Morgan fingerprint density at radius 1 is 1.11 bits per heavy atom. The first-order chi connectivity index (χ1) is 4.39. The highest BCUT2D eigenvalue weighted by Gasteiger charge is 2.11. The molecule has 0 unspecified atom stereocenters. The van der Waals surface area contributed by atoms with Crippen LogP contribution in [-0.4, -0.2) is 17.6 Å². The molecule has 0 N–H and O–H groups in total. The average Bonchev–Trinajstić information content (AvgIpc) is 1.79. The number of rotatable bonds is 0. The molecule has 0 aliphatic carbocycles. The lowest BCUT2D eigenvalue weighted by atomic mass is 9.67. The van der Waals surface area contributed by atoms with Crippen LogP contribution in [-0.2, 0) is 0 Å². The number of hydrogen-bond donors (Lipinski definition) is 0. The van der Waals surface area contributed by atoms with Crippen LogP contribution in [0.5, 0.6) is 0 Å². The van der Waals surface area contributed by atoms with Gasteiger partial charge in [0.2, 0.25) is 0 Å². The molecule has 0 aromatic heterocycles. The summed E-state index contributed by atoms with van der Waals surface area (Å²) < 4.78 is 0. The Morgan fingerprint density at radius 2 is 1.67 bits per heavy atom. The number of hydrogen-bond acceptors (Lipinski definition) is 1. The van der Waals surface area contributed by atoms with E-state index < -0.39 is 0 Å². The maximum absolute atomic E-state index is 5.98. The van der Waals surface area contributed by atoms with E-state index in [1.165, 1.54) is 37.0 Å². The minimum atomic E-state index is 0.478. The largest absolute Gasteiger partial charge is 0.250 e. The van der Waals surface area contributed by atoms with Crippen LogP contribution in [0, 0.1) is 0 Å². The van der Waals surface area contributed by atoms with E-state index >= 15 is 0 Å². The van der Waals surface area contributed by atoms with Gasteiger partial charge in [-0.25, -0.2) is 0 Å². The van der Waals surface area contributed by atoms with Crippen molar-refractivity contribution in [2.24, 2.45) is 0 Å². The van der Waals surface area contributed by atoms with Crippen LogP contribution in [0.4, 0.5) is 0 Å². The van der Waals surface area contributed by atoms with E-state index in [9.17, 15) is 0 Å².